The minimum atomic E-state index is -0.730. The lowest BCUT2D eigenvalue weighted by Gasteiger charge is -2.04. The van der Waals surface area contributed by atoms with Crippen LogP contribution in [0.1, 0.15) is 24.3 Å². The maximum Gasteiger partial charge on any atom is 0.160 e. The molecule has 0 aliphatic heterocycles. The van der Waals surface area contributed by atoms with E-state index in [4.69, 9.17) is 4.74 Å². The minimum Gasteiger partial charge on any atom is -0.497 e. The van der Waals surface area contributed by atoms with Crippen LogP contribution in [-0.2, 0) is 4.79 Å². The van der Waals surface area contributed by atoms with Crippen molar-refractivity contribution in [2.75, 3.05) is 7.11 Å². The van der Waals surface area contributed by atoms with Crippen molar-refractivity contribution in [3.8, 4) is 23.1 Å². The number of nitriles is 1. The Morgan fingerprint density at radius 2 is 2.14 bits per heavy atom. The maximum atomic E-state index is 12.3. The zero-order valence-electron chi connectivity index (χ0n) is 12.4. The van der Waals surface area contributed by atoms with Gasteiger partial charge in [0.1, 0.15) is 10.8 Å². The summed E-state index contributed by atoms with van der Waals surface area (Å²) in [6.45, 7) is 2.04. The van der Waals surface area contributed by atoms with Crippen LogP contribution >= 0.6 is 11.3 Å². The number of aromatic nitrogens is 1. The summed E-state index contributed by atoms with van der Waals surface area (Å²) < 4.78 is 5.14. The fraction of sp³-hybridized carbons (Fsp3) is 0.353. The van der Waals surface area contributed by atoms with Crippen LogP contribution in [0, 0.1) is 23.2 Å². The Labute approximate surface area is 133 Å². The Morgan fingerprint density at radius 3 is 2.68 bits per heavy atom. The average molecular weight is 312 g/mol. The second-order valence-corrected chi connectivity index (χ2v) is 6.47. The summed E-state index contributed by atoms with van der Waals surface area (Å²) >= 11 is 1.38. The first-order valence-corrected chi connectivity index (χ1v) is 8.05. The van der Waals surface area contributed by atoms with E-state index >= 15 is 0 Å². The third-order valence-corrected chi connectivity index (χ3v) is 4.95. The summed E-state index contributed by atoms with van der Waals surface area (Å²) in [5.74, 6) is 0.520. The molecule has 5 heteroatoms. The minimum absolute atomic E-state index is 0.0191. The summed E-state index contributed by atoms with van der Waals surface area (Å²) in [6, 6.07) is 9.70. The molecule has 0 saturated heterocycles. The van der Waals surface area contributed by atoms with Crippen molar-refractivity contribution in [1.82, 2.24) is 4.98 Å². The van der Waals surface area contributed by atoms with Crippen LogP contribution in [0.3, 0.4) is 0 Å². The number of nitrogens with zero attached hydrogens (tertiary/aromatic N) is 2. The lowest BCUT2D eigenvalue weighted by Crippen LogP contribution is -2.13. The van der Waals surface area contributed by atoms with Crippen molar-refractivity contribution >= 4 is 17.1 Å². The molecule has 4 nitrogen and oxygen atoms in total. The number of rotatable bonds is 5. The van der Waals surface area contributed by atoms with E-state index in [1.54, 1.807) is 7.11 Å². The molecule has 0 N–H and O–H groups in total. The molecule has 0 bridgehead atoms. The molecular formula is C17H16N2O2S. The van der Waals surface area contributed by atoms with Crippen molar-refractivity contribution in [3.05, 3.63) is 34.7 Å². The molecule has 2 aromatic rings. The van der Waals surface area contributed by atoms with E-state index in [1.165, 1.54) is 11.3 Å². The van der Waals surface area contributed by atoms with Gasteiger partial charge in [-0.3, -0.25) is 4.79 Å². The second-order valence-electron chi connectivity index (χ2n) is 5.58. The molecule has 0 amide bonds. The molecule has 3 atom stereocenters. The Bertz CT molecular complexity index is 730. The smallest absolute Gasteiger partial charge is 0.160 e. The first kappa shape index (κ1) is 14.7. The first-order chi connectivity index (χ1) is 10.6. The van der Waals surface area contributed by atoms with Crippen LogP contribution in [0.25, 0.3) is 11.3 Å². The van der Waals surface area contributed by atoms with Gasteiger partial charge in [-0.25, -0.2) is 4.98 Å². The van der Waals surface area contributed by atoms with Gasteiger partial charge in [0.05, 0.1) is 18.9 Å². The quantitative estimate of drug-likeness (QED) is 0.845. The monoisotopic (exact) mass is 312 g/mol. The highest BCUT2D eigenvalue weighted by molar-refractivity contribution is 7.10. The van der Waals surface area contributed by atoms with Crippen molar-refractivity contribution in [2.45, 2.75) is 19.3 Å². The molecule has 1 heterocycles. The van der Waals surface area contributed by atoms with Crippen LogP contribution < -0.4 is 4.74 Å². The number of hydrogen-bond donors (Lipinski definition) is 0. The lowest BCUT2D eigenvalue weighted by atomic mass is 10.0. The lowest BCUT2D eigenvalue weighted by molar-refractivity contribution is -0.120. The van der Waals surface area contributed by atoms with E-state index < -0.39 is 5.92 Å². The highest BCUT2D eigenvalue weighted by Gasteiger charge is 2.43. The van der Waals surface area contributed by atoms with Crippen LogP contribution in [0.5, 0.6) is 5.75 Å². The molecule has 22 heavy (non-hydrogen) atoms. The van der Waals surface area contributed by atoms with Gasteiger partial charge in [0.2, 0.25) is 0 Å². The molecule has 1 aliphatic rings. The number of ether oxygens (including phenoxy) is 1. The van der Waals surface area contributed by atoms with Gasteiger partial charge in [-0.2, -0.15) is 5.26 Å². The van der Waals surface area contributed by atoms with Crippen LogP contribution in [0.15, 0.2) is 29.6 Å². The van der Waals surface area contributed by atoms with E-state index in [2.05, 4.69) is 11.1 Å². The number of thiazole rings is 1. The largest absolute Gasteiger partial charge is 0.497 e. The highest BCUT2D eigenvalue weighted by atomic mass is 32.1. The van der Waals surface area contributed by atoms with E-state index in [9.17, 15) is 10.1 Å². The van der Waals surface area contributed by atoms with Gasteiger partial charge >= 0.3 is 0 Å². The molecule has 0 spiro atoms. The third-order valence-electron chi connectivity index (χ3n) is 4.04. The van der Waals surface area contributed by atoms with E-state index in [0.29, 0.717) is 10.9 Å². The number of hydrogen-bond acceptors (Lipinski definition) is 5. The molecular weight excluding hydrogens is 296 g/mol. The zero-order chi connectivity index (χ0) is 15.7. The van der Waals surface area contributed by atoms with Gasteiger partial charge in [-0.15, -0.1) is 11.3 Å². The van der Waals surface area contributed by atoms with Crippen LogP contribution in [0.2, 0.25) is 0 Å². The van der Waals surface area contributed by atoms with Crippen molar-refractivity contribution < 1.29 is 9.53 Å². The number of Topliss-reactive ketones (excluding diaryl/α,β-unsaturated/α-hetero) is 1. The summed E-state index contributed by atoms with van der Waals surface area (Å²) in [5, 5.41) is 11.8. The zero-order valence-corrected chi connectivity index (χ0v) is 13.3. The molecule has 3 rings (SSSR count). The standard InChI is InChI=1S/C17H16N2O2S/c1-10-7-13(10)16(20)14(8-18)17-19-15(9-22-17)11-3-5-12(21-2)6-4-11/h3-6,9-10,13-14H,7H2,1-2H3/t10-,13-,14-/m1/s1. The SMILES string of the molecule is COc1ccc(-c2csc([C@H](C#N)C(=O)[C@@H]3C[C@H]3C)n2)cc1. The van der Waals surface area contributed by atoms with Crippen molar-refractivity contribution in [3.63, 3.8) is 0 Å². The number of carbonyl (C=O) groups excluding carboxylic acids is 1. The molecule has 1 aliphatic carbocycles. The number of ketones is 1. The van der Waals surface area contributed by atoms with Gasteiger partial charge in [-0.05, 0) is 36.6 Å². The van der Waals surface area contributed by atoms with E-state index in [0.717, 1.165) is 23.4 Å². The number of methoxy groups -OCH3 is 1. The molecule has 1 fully saturated rings. The number of carbonyl (C=O) groups is 1. The molecule has 1 saturated carbocycles. The normalized spacial score (nSPS) is 21.0. The Hall–Kier alpha value is -2.19. The van der Waals surface area contributed by atoms with E-state index in [-0.39, 0.29) is 11.7 Å². The second kappa shape index (κ2) is 5.90. The predicted molar refractivity (Wildman–Crippen MR) is 84.7 cm³/mol. The molecule has 1 aromatic heterocycles. The Morgan fingerprint density at radius 1 is 1.45 bits per heavy atom. The van der Waals surface area contributed by atoms with Gasteiger partial charge in [0, 0.05) is 16.9 Å². The molecule has 0 unspecified atom stereocenters. The summed E-state index contributed by atoms with van der Waals surface area (Å²) in [4.78, 5) is 16.8. The topological polar surface area (TPSA) is 63.0 Å². The van der Waals surface area contributed by atoms with Gasteiger partial charge in [0.15, 0.2) is 11.7 Å². The van der Waals surface area contributed by atoms with Crippen molar-refractivity contribution in [2.24, 2.45) is 11.8 Å². The highest BCUT2D eigenvalue weighted by Crippen LogP contribution is 2.42. The van der Waals surface area contributed by atoms with Gasteiger partial charge < -0.3 is 4.74 Å². The first-order valence-electron chi connectivity index (χ1n) is 7.17. The van der Waals surface area contributed by atoms with Crippen molar-refractivity contribution in [1.29, 1.82) is 5.26 Å². The average Bonchev–Trinajstić information content (AvgIpc) is 3.08. The summed E-state index contributed by atoms with van der Waals surface area (Å²) in [7, 11) is 1.62. The van der Waals surface area contributed by atoms with Gasteiger partial charge in [-0.1, -0.05) is 6.92 Å². The fourth-order valence-corrected chi connectivity index (χ4v) is 3.36. The van der Waals surface area contributed by atoms with Gasteiger partial charge in [0.25, 0.3) is 0 Å². The predicted octanol–water partition coefficient (Wildman–Crippen LogP) is 3.65. The molecule has 0 radical (unpaired) electrons. The van der Waals surface area contributed by atoms with Crippen LogP contribution in [-0.4, -0.2) is 17.9 Å². The Balaban J connectivity index is 1.82. The van der Waals surface area contributed by atoms with Crippen LogP contribution in [0.4, 0.5) is 0 Å². The molecule has 1 aromatic carbocycles. The van der Waals surface area contributed by atoms with E-state index in [1.807, 2.05) is 36.6 Å². The molecule has 112 valence electrons. The summed E-state index contributed by atoms with van der Waals surface area (Å²) in [6.07, 6.45) is 0.897. The summed E-state index contributed by atoms with van der Waals surface area (Å²) in [5.41, 5.74) is 1.74. The number of benzene rings is 1. The maximum absolute atomic E-state index is 12.3. The Kier molecular flexibility index (Phi) is 3.95. The third kappa shape index (κ3) is 2.75. The fourth-order valence-electron chi connectivity index (χ4n) is 2.49.